The highest BCUT2D eigenvalue weighted by Gasteiger charge is 2.52. The number of nitriles is 6. The van der Waals surface area contributed by atoms with Gasteiger partial charge in [0.15, 0.2) is 140 Å². The molecule has 6 aromatic carbocycles. The smallest absolute Gasteiger partial charge is 0.203 e. The third-order valence-corrected chi connectivity index (χ3v) is 13.9. The van der Waals surface area contributed by atoms with Crippen molar-refractivity contribution in [2.24, 2.45) is 0 Å². The largest absolute Gasteiger partial charge is 0.422 e. The Labute approximate surface area is 529 Å². The molecule has 2 saturated carbocycles. The Morgan fingerprint density at radius 1 is 0.200 bits per heavy atom. The molecule has 40 heteroatoms. The molecule has 0 unspecified atom stereocenters. The predicted molar refractivity (Wildman–Crippen MR) is 264 cm³/mol. The minimum atomic E-state index is -6.19. The van der Waals surface area contributed by atoms with Crippen molar-refractivity contribution in [3.05, 3.63) is 240 Å². The van der Waals surface area contributed by atoms with E-state index in [4.69, 9.17) is 0 Å². The first kappa shape index (κ1) is 77.3. The molecule has 100 heavy (non-hydrogen) atoms. The first-order chi connectivity index (χ1) is 45.6. The van der Waals surface area contributed by atoms with Gasteiger partial charge in [-0.3, -0.25) is 0 Å². The molecule has 0 N–H and O–H groups in total. The van der Waals surface area contributed by atoms with Gasteiger partial charge in [0, 0.05) is 44.6 Å². The monoisotopic (exact) mass is 1460 g/mol. The molecule has 0 aliphatic heterocycles. The van der Waals surface area contributed by atoms with Crippen LogP contribution in [0.15, 0.2) is 33.4 Å². The van der Waals surface area contributed by atoms with Crippen LogP contribution < -0.4 is 0 Å². The molecule has 0 atom stereocenters. The molecule has 0 heterocycles. The number of allylic oxidation sites excluding steroid dienone is 12. The van der Waals surface area contributed by atoms with Crippen LogP contribution in [-0.2, 0) is 18.5 Å². The SMILES string of the molecule is C.Cc1c(F)c(F)c(C(C#N)=C2C(=C(C#N)c3c(F)c(F)c(C(F)(F)F)c(F)c3F)C2=C(C#N)c2c(F)c(F)c(C(F)(F)F)c(F)c2F)c(F)c1F.Cc1c(F)c(F)c(C(C#N)=C2C(=C(C#N)c3c(F)c(F)c(F)c(F)c3F)C2=C(C#N)c2c(F)c(F)c(C(F)(F)F)c(F)c2F)c(F)c1F. The van der Waals surface area contributed by atoms with E-state index in [0.29, 0.717) is 26.0 Å². The number of hydrogen-bond acceptors (Lipinski definition) is 6. The normalized spacial score (nSPS) is 15.2. The van der Waals surface area contributed by atoms with Crippen molar-refractivity contribution in [1.29, 1.82) is 31.6 Å². The first-order valence-corrected chi connectivity index (χ1v) is 24.5. The summed E-state index contributed by atoms with van der Waals surface area (Å²) in [5.74, 6) is -70.8. The van der Waals surface area contributed by atoms with Gasteiger partial charge in [0.2, 0.25) is 5.82 Å². The highest BCUT2D eigenvalue weighted by molar-refractivity contribution is 6.14. The maximum atomic E-state index is 15.0. The minimum Gasteiger partial charge on any atom is -0.203 e. The lowest BCUT2D eigenvalue weighted by Gasteiger charge is -2.14. The second kappa shape index (κ2) is 26.6. The second-order valence-electron chi connectivity index (χ2n) is 19.1. The fourth-order valence-electron chi connectivity index (χ4n) is 9.34. The van der Waals surface area contributed by atoms with Gasteiger partial charge >= 0.3 is 18.5 Å². The fourth-order valence-corrected chi connectivity index (χ4v) is 9.34. The Hall–Kier alpha value is -11.7. The lowest BCUT2D eigenvalue weighted by molar-refractivity contribution is -0.144. The quantitative estimate of drug-likeness (QED) is 0.0703. The van der Waals surface area contributed by atoms with Gasteiger partial charge < -0.3 is 0 Å². The molecule has 2 aliphatic carbocycles. The van der Waals surface area contributed by atoms with Crippen molar-refractivity contribution in [2.75, 3.05) is 0 Å². The zero-order valence-corrected chi connectivity index (χ0v) is 46.0. The van der Waals surface area contributed by atoms with Crippen LogP contribution in [0.2, 0.25) is 0 Å². The molecule has 0 radical (unpaired) electrons. The van der Waals surface area contributed by atoms with E-state index in [2.05, 4.69) is 0 Å². The molecule has 0 aromatic heterocycles. The number of nitrogens with zero attached hydrogens (tertiary/aromatic N) is 6. The molecule has 0 amide bonds. The van der Waals surface area contributed by atoms with Gasteiger partial charge in [-0.15, -0.1) is 0 Å². The standard InChI is InChI=1S/C30H3F18N3.C29H3F16N3.CH4/c1-5-17(31)19(33)12(20(34)18(5)32)6(2-49)9-10(7(3-50)13-21(35)25(39)15(29(43,44)45)26(40)22(13)36)11(9)8(4-51)14-23(37)27(41)16(30(46,47)48)28(42)24(14)38;1-5-16(30)18(32)12(19(33)17(5)31)6(2-46)9-10(11(9)8(4-48)14-22(36)26(40)28(42)27(41)23(14)37)7(3-47)13-20(34)24(38)15(29(43,44)45)25(39)21(13)35;/h1H3;1H3;1H4. The highest BCUT2D eigenvalue weighted by atomic mass is 19.4. The van der Waals surface area contributed by atoms with Gasteiger partial charge in [-0.05, 0) is 13.8 Å². The van der Waals surface area contributed by atoms with Crippen LogP contribution in [0.5, 0.6) is 0 Å². The Morgan fingerprint density at radius 2 is 0.310 bits per heavy atom. The Kier molecular flexibility index (Phi) is 20.6. The molecule has 8 rings (SSSR count). The summed E-state index contributed by atoms with van der Waals surface area (Å²) >= 11 is 0. The summed E-state index contributed by atoms with van der Waals surface area (Å²) in [6.45, 7) is 0.922. The van der Waals surface area contributed by atoms with Crippen molar-refractivity contribution >= 4 is 33.4 Å². The van der Waals surface area contributed by atoms with Gasteiger partial charge in [0.1, 0.15) is 53.1 Å². The molecule has 0 saturated heterocycles. The van der Waals surface area contributed by atoms with Crippen molar-refractivity contribution in [1.82, 2.24) is 0 Å². The average Bonchev–Trinajstić information content (AvgIpc) is 1.55. The van der Waals surface area contributed by atoms with Gasteiger partial charge in [0.25, 0.3) is 0 Å². The summed E-state index contributed by atoms with van der Waals surface area (Å²) in [6.07, 6.45) is -18.5. The summed E-state index contributed by atoms with van der Waals surface area (Å²) in [5, 5.41) is 58.3. The number of benzene rings is 6. The molecule has 2 fully saturated rings. The maximum Gasteiger partial charge on any atom is 0.422 e. The third-order valence-electron chi connectivity index (χ3n) is 13.9. The van der Waals surface area contributed by atoms with Crippen LogP contribution in [0.4, 0.5) is 149 Å². The predicted octanol–water partition coefficient (Wildman–Crippen LogP) is 19.7. The van der Waals surface area contributed by atoms with E-state index in [1.54, 1.807) is 0 Å². The van der Waals surface area contributed by atoms with Crippen LogP contribution in [-0.4, -0.2) is 0 Å². The summed E-state index contributed by atoms with van der Waals surface area (Å²) < 4.78 is 484. The molecular formula is C60H10F34N6. The average molecular weight is 1460 g/mol. The molecule has 518 valence electrons. The number of alkyl halides is 9. The van der Waals surface area contributed by atoms with Crippen LogP contribution in [0.25, 0.3) is 33.4 Å². The van der Waals surface area contributed by atoms with Crippen molar-refractivity contribution in [3.8, 4) is 36.4 Å². The van der Waals surface area contributed by atoms with Gasteiger partial charge in [-0.1, -0.05) is 7.43 Å². The lowest BCUT2D eigenvalue weighted by atomic mass is 9.98. The lowest BCUT2D eigenvalue weighted by Crippen LogP contribution is -2.17. The van der Waals surface area contributed by atoms with E-state index in [0.717, 1.165) is 24.3 Å². The van der Waals surface area contributed by atoms with Crippen LogP contribution >= 0.6 is 0 Å². The van der Waals surface area contributed by atoms with Crippen molar-refractivity contribution in [2.45, 2.75) is 39.8 Å². The van der Waals surface area contributed by atoms with Crippen molar-refractivity contribution < 1.29 is 149 Å². The zero-order valence-electron chi connectivity index (χ0n) is 46.0. The Bertz CT molecular complexity index is 4830. The second-order valence-corrected chi connectivity index (χ2v) is 19.1. The molecular weight excluding hydrogens is 1450 g/mol. The zero-order chi connectivity index (χ0) is 75.5. The Balaban J connectivity index is 0.000000312. The van der Waals surface area contributed by atoms with Crippen LogP contribution in [0, 0.1) is 227 Å². The van der Waals surface area contributed by atoms with Gasteiger partial charge in [0.05, 0.1) is 66.8 Å². The molecule has 2 aliphatic rings. The molecule has 0 bridgehead atoms. The van der Waals surface area contributed by atoms with Gasteiger partial charge in [-0.25, -0.2) is 110 Å². The van der Waals surface area contributed by atoms with Gasteiger partial charge in [-0.2, -0.15) is 71.1 Å². The number of halogens is 34. The van der Waals surface area contributed by atoms with E-state index < -0.39 is 292 Å². The fraction of sp³-hybridized carbons (Fsp3) is 0.100. The van der Waals surface area contributed by atoms with E-state index in [1.807, 2.05) is 0 Å². The molecule has 6 aromatic rings. The van der Waals surface area contributed by atoms with Crippen molar-refractivity contribution in [3.63, 3.8) is 0 Å². The Morgan fingerprint density at radius 3 is 0.430 bits per heavy atom. The highest BCUT2D eigenvalue weighted by Crippen LogP contribution is 2.60. The van der Waals surface area contributed by atoms with E-state index in [-0.39, 0.29) is 7.43 Å². The van der Waals surface area contributed by atoms with E-state index in [9.17, 15) is 163 Å². The third kappa shape index (κ3) is 11.8. The summed E-state index contributed by atoms with van der Waals surface area (Å²) in [5.41, 5.74) is -48.1. The minimum absolute atomic E-state index is 0. The van der Waals surface area contributed by atoms with Crippen LogP contribution in [0.1, 0.15) is 68.6 Å². The molecule has 0 spiro atoms. The number of hydrogen-bond donors (Lipinski definition) is 0. The number of rotatable bonds is 6. The van der Waals surface area contributed by atoms with E-state index >= 15 is 17.6 Å². The first-order valence-electron chi connectivity index (χ1n) is 24.5. The van der Waals surface area contributed by atoms with E-state index in [1.165, 1.54) is 0 Å². The summed E-state index contributed by atoms with van der Waals surface area (Å²) in [6, 6.07) is 4.78. The topological polar surface area (TPSA) is 143 Å². The summed E-state index contributed by atoms with van der Waals surface area (Å²) in [4.78, 5) is 0. The summed E-state index contributed by atoms with van der Waals surface area (Å²) in [7, 11) is 0. The maximum absolute atomic E-state index is 15.0. The van der Waals surface area contributed by atoms with Crippen LogP contribution in [0.3, 0.4) is 0 Å². The molecule has 6 nitrogen and oxygen atoms in total.